The van der Waals surface area contributed by atoms with Crippen LogP contribution in [-0.4, -0.2) is 18.6 Å². The molecule has 0 radical (unpaired) electrons. The number of nitrogens with one attached hydrogen (secondary N) is 1. The van der Waals surface area contributed by atoms with Crippen LogP contribution in [0.2, 0.25) is 0 Å². The molecule has 0 atom stereocenters. The summed E-state index contributed by atoms with van der Waals surface area (Å²) in [5.74, 6) is 0.503. The van der Waals surface area contributed by atoms with Gasteiger partial charge in [-0.1, -0.05) is 0 Å². The molecule has 0 saturated carbocycles. The van der Waals surface area contributed by atoms with Crippen LogP contribution in [0.5, 0.6) is 5.75 Å². The second-order valence-electron chi connectivity index (χ2n) is 5.77. The highest BCUT2D eigenvalue weighted by Crippen LogP contribution is 2.36. The summed E-state index contributed by atoms with van der Waals surface area (Å²) >= 11 is 6.82. The van der Waals surface area contributed by atoms with Gasteiger partial charge in [0, 0.05) is 16.1 Å². The second kappa shape index (κ2) is 6.03. The molecule has 1 aromatic carbocycles. The fraction of sp³-hybridized carbons (Fsp3) is 0.500. The Morgan fingerprint density at radius 1 is 1.20 bits per heavy atom. The maximum atomic E-state index is 12.5. The summed E-state index contributed by atoms with van der Waals surface area (Å²) in [5, 5.41) is 2.89. The lowest BCUT2D eigenvalue weighted by molar-refractivity contribution is -0.126. The molecule has 0 bridgehead atoms. The van der Waals surface area contributed by atoms with Crippen molar-refractivity contribution >= 4 is 43.5 Å². The van der Waals surface area contributed by atoms with Gasteiger partial charge in [-0.05, 0) is 65.6 Å². The molecule has 3 N–H and O–H groups in total. The summed E-state index contributed by atoms with van der Waals surface area (Å²) in [6.45, 7) is 7.33. The fourth-order valence-corrected chi connectivity index (χ4v) is 2.61. The number of hydrogen-bond acceptors (Lipinski definition) is 3. The van der Waals surface area contributed by atoms with Gasteiger partial charge in [0.15, 0.2) is 0 Å². The molecule has 0 aliphatic heterocycles. The molecule has 0 aromatic heterocycles. The van der Waals surface area contributed by atoms with Crippen molar-refractivity contribution in [3.05, 3.63) is 21.1 Å². The first-order valence-corrected chi connectivity index (χ1v) is 7.72. The number of hydrogen-bond donors (Lipinski definition) is 2. The number of halogens is 2. The van der Waals surface area contributed by atoms with Crippen LogP contribution >= 0.6 is 31.9 Å². The van der Waals surface area contributed by atoms with Gasteiger partial charge in [0.1, 0.15) is 5.75 Å². The highest BCUT2D eigenvalue weighted by molar-refractivity contribution is 9.11. The van der Waals surface area contributed by atoms with Gasteiger partial charge in [-0.25, -0.2) is 0 Å². The Bertz CT molecular complexity index is 523. The van der Waals surface area contributed by atoms with Crippen molar-refractivity contribution in [2.75, 3.05) is 12.4 Å². The molecular weight excluding hydrogens is 388 g/mol. The van der Waals surface area contributed by atoms with E-state index in [0.717, 1.165) is 8.95 Å². The van der Waals surface area contributed by atoms with Crippen molar-refractivity contribution < 1.29 is 9.53 Å². The first kappa shape index (κ1) is 17.5. The first-order valence-electron chi connectivity index (χ1n) is 6.14. The molecule has 20 heavy (non-hydrogen) atoms. The zero-order chi connectivity index (χ0) is 15.7. The van der Waals surface area contributed by atoms with Crippen molar-refractivity contribution in [1.82, 2.24) is 0 Å². The third-order valence-electron chi connectivity index (χ3n) is 3.67. The van der Waals surface area contributed by atoms with Gasteiger partial charge in [0.25, 0.3) is 0 Å². The van der Waals surface area contributed by atoms with Crippen LogP contribution in [0.15, 0.2) is 21.1 Å². The quantitative estimate of drug-likeness (QED) is 0.794. The zero-order valence-corrected chi connectivity index (χ0v) is 15.5. The third-order valence-corrected chi connectivity index (χ3v) is 4.94. The van der Waals surface area contributed by atoms with E-state index in [1.807, 2.05) is 33.8 Å². The monoisotopic (exact) mass is 406 g/mol. The zero-order valence-electron chi connectivity index (χ0n) is 12.3. The number of amides is 1. The number of methoxy groups -OCH3 is 1. The van der Waals surface area contributed by atoms with E-state index in [-0.39, 0.29) is 5.91 Å². The van der Waals surface area contributed by atoms with E-state index in [4.69, 9.17) is 10.5 Å². The van der Waals surface area contributed by atoms with Gasteiger partial charge in [-0.3, -0.25) is 4.79 Å². The number of benzene rings is 1. The first-order chi connectivity index (χ1) is 9.00. The van der Waals surface area contributed by atoms with E-state index >= 15 is 0 Å². The van der Waals surface area contributed by atoms with Crippen molar-refractivity contribution in [2.45, 2.75) is 33.2 Å². The summed E-state index contributed by atoms with van der Waals surface area (Å²) < 4.78 is 6.81. The molecule has 1 amide bonds. The molecule has 0 unspecified atom stereocenters. The lowest BCUT2D eigenvalue weighted by Crippen LogP contribution is -2.53. The molecule has 4 nitrogen and oxygen atoms in total. The number of ether oxygens (including phenoxy) is 1. The molecule has 0 aliphatic carbocycles. The highest BCUT2D eigenvalue weighted by atomic mass is 79.9. The minimum atomic E-state index is -0.716. The van der Waals surface area contributed by atoms with Crippen LogP contribution in [0, 0.1) is 5.41 Å². The molecule has 0 aliphatic rings. The summed E-state index contributed by atoms with van der Waals surface area (Å²) in [6.07, 6.45) is 0. The van der Waals surface area contributed by atoms with Gasteiger partial charge in [-0.2, -0.15) is 0 Å². The number of carbonyl (C=O) groups excluding carboxylic acids is 1. The predicted octanol–water partition coefficient (Wildman–Crippen LogP) is 3.92. The van der Waals surface area contributed by atoms with E-state index < -0.39 is 11.0 Å². The molecular formula is C14H20Br2N2O2. The lowest BCUT2D eigenvalue weighted by Gasteiger charge is -2.37. The van der Waals surface area contributed by atoms with Crippen molar-refractivity contribution in [3.63, 3.8) is 0 Å². The van der Waals surface area contributed by atoms with E-state index in [2.05, 4.69) is 37.2 Å². The Labute approximate surface area is 136 Å². The molecule has 1 aromatic rings. The summed E-state index contributed by atoms with van der Waals surface area (Å²) in [5.41, 5.74) is 5.38. The highest BCUT2D eigenvalue weighted by Gasteiger charge is 2.40. The molecule has 0 saturated heterocycles. The van der Waals surface area contributed by atoms with E-state index in [1.165, 1.54) is 0 Å². The number of rotatable bonds is 4. The maximum absolute atomic E-state index is 12.5. The number of nitrogens with two attached hydrogens (primary N) is 1. The van der Waals surface area contributed by atoms with Gasteiger partial charge in [-0.15, -0.1) is 0 Å². The topological polar surface area (TPSA) is 64.3 Å². The van der Waals surface area contributed by atoms with Crippen LogP contribution in [-0.2, 0) is 4.79 Å². The molecule has 0 spiro atoms. The Hall–Kier alpha value is -0.590. The average molecular weight is 408 g/mol. The molecule has 0 fully saturated rings. The van der Waals surface area contributed by atoms with Crippen molar-refractivity contribution in [3.8, 4) is 5.75 Å². The lowest BCUT2D eigenvalue weighted by atomic mass is 9.74. The Morgan fingerprint density at radius 3 is 2.20 bits per heavy atom. The summed E-state index contributed by atoms with van der Waals surface area (Å²) in [4.78, 5) is 12.5. The van der Waals surface area contributed by atoms with Gasteiger partial charge >= 0.3 is 0 Å². The fourth-order valence-electron chi connectivity index (χ4n) is 1.35. The molecule has 1 rings (SSSR count). The Kier molecular flexibility index (Phi) is 5.27. The van der Waals surface area contributed by atoms with E-state index in [1.54, 1.807) is 13.2 Å². The smallest absolute Gasteiger partial charge is 0.231 e. The van der Waals surface area contributed by atoms with Crippen LogP contribution < -0.4 is 15.8 Å². The largest absolute Gasteiger partial charge is 0.495 e. The second-order valence-corrected chi connectivity index (χ2v) is 7.48. The normalized spacial score (nSPS) is 12.2. The van der Waals surface area contributed by atoms with Crippen LogP contribution in [0.25, 0.3) is 0 Å². The minimum absolute atomic E-state index is 0.143. The average Bonchev–Trinajstić information content (AvgIpc) is 2.30. The van der Waals surface area contributed by atoms with E-state index in [9.17, 15) is 4.79 Å². The van der Waals surface area contributed by atoms with E-state index in [0.29, 0.717) is 11.4 Å². The SMILES string of the molecule is COc1cc(NC(=O)C(C)(C)C(C)(C)N)c(Br)cc1Br. The standard InChI is InChI=1S/C14H20Br2N2O2/c1-13(2,14(3,4)17)12(19)18-10-7-11(20-5)9(16)6-8(10)15/h6-7H,17H2,1-5H3,(H,18,19). The van der Waals surface area contributed by atoms with Gasteiger partial charge < -0.3 is 15.8 Å². The summed E-state index contributed by atoms with van der Waals surface area (Å²) in [6, 6.07) is 3.58. The summed E-state index contributed by atoms with van der Waals surface area (Å²) in [7, 11) is 1.58. The minimum Gasteiger partial charge on any atom is -0.495 e. The molecule has 0 heterocycles. The number of carbonyl (C=O) groups is 1. The predicted molar refractivity (Wildman–Crippen MR) is 89.1 cm³/mol. The van der Waals surface area contributed by atoms with Crippen molar-refractivity contribution in [1.29, 1.82) is 0 Å². The van der Waals surface area contributed by atoms with Gasteiger partial charge in [0.05, 0.1) is 22.7 Å². The van der Waals surface area contributed by atoms with Crippen LogP contribution in [0.3, 0.4) is 0 Å². The van der Waals surface area contributed by atoms with Gasteiger partial charge in [0.2, 0.25) is 5.91 Å². The maximum Gasteiger partial charge on any atom is 0.231 e. The number of anilines is 1. The molecule has 6 heteroatoms. The van der Waals surface area contributed by atoms with Crippen LogP contribution in [0.1, 0.15) is 27.7 Å². The Morgan fingerprint density at radius 2 is 1.75 bits per heavy atom. The molecule has 112 valence electrons. The van der Waals surface area contributed by atoms with Crippen molar-refractivity contribution in [2.24, 2.45) is 11.1 Å². The third kappa shape index (κ3) is 3.54. The van der Waals surface area contributed by atoms with Crippen LogP contribution in [0.4, 0.5) is 5.69 Å². The Balaban J connectivity index is 3.08.